The lowest BCUT2D eigenvalue weighted by molar-refractivity contribution is -0.197. The Morgan fingerprint density at radius 2 is 1.78 bits per heavy atom. The summed E-state index contributed by atoms with van der Waals surface area (Å²) in [6, 6.07) is 12.9. The van der Waals surface area contributed by atoms with E-state index in [4.69, 9.17) is 9.25 Å². The minimum Gasteiger partial charge on any atom is -0.469 e. The molecule has 1 aliphatic heterocycles. The maximum absolute atomic E-state index is 12.2. The van der Waals surface area contributed by atoms with Crippen molar-refractivity contribution in [3.05, 3.63) is 60.1 Å². The van der Waals surface area contributed by atoms with Gasteiger partial charge in [0.1, 0.15) is 5.76 Å². The van der Waals surface area contributed by atoms with Crippen LogP contribution in [0.25, 0.3) is 0 Å². The Bertz CT molecular complexity index is 692. The lowest BCUT2D eigenvalue weighted by atomic mass is 9.93. The van der Waals surface area contributed by atoms with Gasteiger partial charge >= 0.3 is 5.97 Å². The highest BCUT2D eigenvalue weighted by Gasteiger charge is 2.33. The molecular weight excluding hydrogens is 298 g/mol. The highest BCUT2D eigenvalue weighted by Crippen LogP contribution is 2.29. The molecular formula is C17H15NO5. The van der Waals surface area contributed by atoms with Crippen LogP contribution in [0.4, 0.5) is 0 Å². The van der Waals surface area contributed by atoms with E-state index >= 15 is 0 Å². The molecule has 2 amide bonds. The number of nitrogens with zero attached hydrogens (tertiary/aromatic N) is 1. The molecule has 1 aromatic heterocycles. The monoisotopic (exact) mass is 313 g/mol. The van der Waals surface area contributed by atoms with Gasteiger partial charge in [0, 0.05) is 12.8 Å². The van der Waals surface area contributed by atoms with Gasteiger partial charge in [-0.15, -0.1) is 5.06 Å². The van der Waals surface area contributed by atoms with E-state index in [1.807, 2.05) is 30.3 Å². The molecule has 6 nitrogen and oxygen atoms in total. The number of hydrogen-bond donors (Lipinski definition) is 0. The van der Waals surface area contributed by atoms with Crippen molar-refractivity contribution in [1.29, 1.82) is 0 Å². The van der Waals surface area contributed by atoms with Crippen molar-refractivity contribution >= 4 is 17.8 Å². The second-order valence-electron chi connectivity index (χ2n) is 5.23. The highest BCUT2D eigenvalue weighted by molar-refractivity contribution is 6.01. The van der Waals surface area contributed by atoms with Crippen LogP contribution in [0.15, 0.2) is 53.1 Å². The largest absolute Gasteiger partial charge is 0.469 e. The molecule has 118 valence electrons. The van der Waals surface area contributed by atoms with Crippen molar-refractivity contribution in [2.24, 2.45) is 0 Å². The first-order valence-electron chi connectivity index (χ1n) is 7.30. The first-order chi connectivity index (χ1) is 11.1. The number of imide groups is 1. The molecule has 1 aliphatic rings. The SMILES string of the molecule is O=C(C[C@H](c1ccccc1)c1ccco1)ON1C(=O)CCC1=O. The third-order valence-electron chi connectivity index (χ3n) is 3.66. The van der Waals surface area contributed by atoms with E-state index in [-0.39, 0.29) is 25.2 Å². The molecule has 3 rings (SSSR count). The van der Waals surface area contributed by atoms with Gasteiger partial charge in [-0.25, -0.2) is 4.79 Å². The van der Waals surface area contributed by atoms with Crippen molar-refractivity contribution in [2.45, 2.75) is 25.2 Å². The highest BCUT2D eigenvalue weighted by atomic mass is 16.7. The summed E-state index contributed by atoms with van der Waals surface area (Å²) < 4.78 is 5.41. The van der Waals surface area contributed by atoms with Gasteiger partial charge < -0.3 is 9.25 Å². The van der Waals surface area contributed by atoms with Gasteiger partial charge in [0.2, 0.25) is 0 Å². The Morgan fingerprint density at radius 1 is 1.09 bits per heavy atom. The fourth-order valence-corrected chi connectivity index (χ4v) is 2.52. The van der Waals surface area contributed by atoms with Gasteiger partial charge in [0.25, 0.3) is 11.8 Å². The predicted octanol–water partition coefficient (Wildman–Crippen LogP) is 2.41. The van der Waals surface area contributed by atoms with E-state index in [1.54, 1.807) is 12.1 Å². The lowest BCUT2D eigenvalue weighted by Crippen LogP contribution is -2.32. The minimum absolute atomic E-state index is 0.0331. The summed E-state index contributed by atoms with van der Waals surface area (Å²) in [5.41, 5.74) is 0.887. The molecule has 0 saturated carbocycles. The Hall–Kier alpha value is -2.89. The summed E-state index contributed by atoms with van der Waals surface area (Å²) in [5, 5.41) is 0.562. The van der Waals surface area contributed by atoms with Crippen LogP contribution in [0.3, 0.4) is 0 Å². The zero-order valence-electron chi connectivity index (χ0n) is 12.3. The quantitative estimate of drug-likeness (QED) is 0.792. The maximum atomic E-state index is 12.2. The van der Waals surface area contributed by atoms with Gasteiger partial charge in [-0.3, -0.25) is 9.59 Å². The smallest absolute Gasteiger partial charge is 0.334 e. The first-order valence-corrected chi connectivity index (χ1v) is 7.30. The predicted molar refractivity (Wildman–Crippen MR) is 78.8 cm³/mol. The number of furan rings is 1. The molecule has 1 atom stereocenters. The average molecular weight is 313 g/mol. The van der Waals surface area contributed by atoms with Gasteiger partial charge in [-0.1, -0.05) is 30.3 Å². The van der Waals surface area contributed by atoms with Crippen LogP contribution in [0.1, 0.15) is 36.5 Å². The Morgan fingerprint density at radius 3 is 2.39 bits per heavy atom. The fourth-order valence-electron chi connectivity index (χ4n) is 2.52. The number of benzene rings is 1. The molecule has 0 aliphatic carbocycles. The second kappa shape index (κ2) is 6.48. The Kier molecular flexibility index (Phi) is 4.23. The molecule has 0 unspecified atom stereocenters. The van der Waals surface area contributed by atoms with Gasteiger partial charge in [0.15, 0.2) is 0 Å². The van der Waals surface area contributed by atoms with E-state index in [0.717, 1.165) is 5.56 Å². The Labute approximate surface area is 132 Å². The first kappa shape index (κ1) is 15.0. The lowest BCUT2D eigenvalue weighted by Gasteiger charge is -2.17. The van der Waals surface area contributed by atoms with Gasteiger partial charge in [-0.2, -0.15) is 0 Å². The molecule has 2 aromatic rings. The number of rotatable bonds is 5. The van der Waals surface area contributed by atoms with Crippen LogP contribution >= 0.6 is 0 Å². The molecule has 0 radical (unpaired) electrons. The van der Waals surface area contributed by atoms with Crippen LogP contribution < -0.4 is 0 Å². The van der Waals surface area contributed by atoms with E-state index in [9.17, 15) is 14.4 Å². The van der Waals surface area contributed by atoms with Crippen LogP contribution in [0.5, 0.6) is 0 Å². The summed E-state index contributed by atoms with van der Waals surface area (Å²) >= 11 is 0. The van der Waals surface area contributed by atoms with Crippen LogP contribution in [-0.2, 0) is 19.2 Å². The third kappa shape index (κ3) is 3.31. The maximum Gasteiger partial charge on any atom is 0.334 e. The number of carbonyl (C=O) groups excluding carboxylic acids is 3. The molecule has 0 bridgehead atoms. The molecule has 6 heteroatoms. The van der Waals surface area contributed by atoms with Gasteiger partial charge in [0.05, 0.1) is 18.6 Å². The Balaban J connectivity index is 1.75. The molecule has 1 saturated heterocycles. The van der Waals surface area contributed by atoms with Crippen LogP contribution in [0.2, 0.25) is 0 Å². The number of hydroxylamine groups is 2. The van der Waals surface area contributed by atoms with Crippen molar-refractivity contribution in [3.8, 4) is 0 Å². The van der Waals surface area contributed by atoms with Crippen molar-refractivity contribution < 1.29 is 23.6 Å². The van der Waals surface area contributed by atoms with Gasteiger partial charge in [-0.05, 0) is 17.7 Å². The van der Waals surface area contributed by atoms with E-state index < -0.39 is 17.8 Å². The molecule has 2 heterocycles. The van der Waals surface area contributed by atoms with Crippen molar-refractivity contribution in [3.63, 3.8) is 0 Å². The number of amides is 2. The zero-order chi connectivity index (χ0) is 16.2. The summed E-state index contributed by atoms with van der Waals surface area (Å²) in [6.07, 6.45) is 1.65. The fraction of sp³-hybridized carbons (Fsp3) is 0.235. The summed E-state index contributed by atoms with van der Waals surface area (Å²) in [5.74, 6) is -1.35. The zero-order valence-corrected chi connectivity index (χ0v) is 12.3. The van der Waals surface area contributed by atoms with E-state index in [1.165, 1.54) is 6.26 Å². The van der Waals surface area contributed by atoms with E-state index in [0.29, 0.717) is 10.8 Å². The summed E-state index contributed by atoms with van der Waals surface area (Å²) in [7, 11) is 0. The van der Waals surface area contributed by atoms with Crippen LogP contribution in [-0.4, -0.2) is 22.8 Å². The topological polar surface area (TPSA) is 76.8 Å². The van der Waals surface area contributed by atoms with Crippen LogP contribution in [0, 0.1) is 0 Å². The standard InChI is InChI=1S/C17H15NO5/c19-15-8-9-16(20)18(15)23-17(21)11-13(14-7-4-10-22-14)12-5-2-1-3-6-12/h1-7,10,13H,8-9,11H2/t13-/m1/s1. The number of carbonyl (C=O) groups is 3. The van der Waals surface area contributed by atoms with E-state index in [2.05, 4.69) is 0 Å². The minimum atomic E-state index is -0.654. The molecule has 1 fully saturated rings. The average Bonchev–Trinajstić information content (AvgIpc) is 3.19. The molecule has 0 N–H and O–H groups in total. The number of hydrogen-bond acceptors (Lipinski definition) is 5. The van der Waals surface area contributed by atoms with Crippen molar-refractivity contribution in [1.82, 2.24) is 5.06 Å². The summed E-state index contributed by atoms with van der Waals surface area (Å²) in [4.78, 5) is 40.1. The van der Waals surface area contributed by atoms with Crippen molar-refractivity contribution in [2.75, 3.05) is 0 Å². The summed E-state index contributed by atoms with van der Waals surface area (Å²) in [6.45, 7) is 0. The molecule has 0 spiro atoms. The second-order valence-corrected chi connectivity index (χ2v) is 5.23. The molecule has 1 aromatic carbocycles. The third-order valence-corrected chi connectivity index (χ3v) is 3.66. The normalized spacial score (nSPS) is 15.7. The molecule has 23 heavy (non-hydrogen) atoms.